The lowest BCUT2D eigenvalue weighted by atomic mass is 10.1. The van der Waals surface area contributed by atoms with E-state index in [1.165, 1.54) is 25.3 Å². The minimum Gasteiger partial charge on any atom is -0.385 e. The van der Waals surface area contributed by atoms with Crippen LogP contribution in [0.25, 0.3) is 0 Å². The highest BCUT2D eigenvalue weighted by Gasteiger charge is 2.21. The van der Waals surface area contributed by atoms with E-state index < -0.39 is 4.92 Å². The molecule has 0 aliphatic heterocycles. The number of hydrogen-bond acceptors (Lipinski definition) is 3. The molecule has 2 rings (SSSR count). The molecule has 0 spiro atoms. The smallest absolute Gasteiger partial charge is 0.288 e. The minimum absolute atomic E-state index is 0.0285. The van der Waals surface area contributed by atoms with Crippen LogP contribution in [0, 0.1) is 28.9 Å². The molecule has 1 aromatic rings. The van der Waals surface area contributed by atoms with Gasteiger partial charge in [-0.1, -0.05) is 24.9 Å². The first-order valence-electron chi connectivity index (χ1n) is 6.65. The molecule has 104 valence electrons. The molecule has 5 heteroatoms. The van der Waals surface area contributed by atoms with E-state index >= 15 is 0 Å². The Kier molecular flexibility index (Phi) is 4.30. The Morgan fingerprint density at radius 2 is 2.21 bits per heavy atom. The largest absolute Gasteiger partial charge is 0.385 e. The van der Waals surface area contributed by atoms with E-state index in [1.807, 2.05) is 6.92 Å². The van der Waals surface area contributed by atoms with E-state index in [4.69, 9.17) is 11.6 Å². The Balaban J connectivity index is 2.04. The molecule has 0 heterocycles. The van der Waals surface area contributed by atoms with Crippen molar-refractivity contribution in [2.45, 2.75) is 33.1 Å². The first-order valence-corrected chi connectivity index (χ1v) is 7.03. The summed E-state index contributed by atoms with van der Waals surface area (Å²) in [6.07, 6.45) is 3.81. The molecule has 4 nitrogen and oxygen atoms in total. The first-order chi connectivity index (χ1) is 8.97. The summed E-state index contributed by atoms with van der Waals surface area (Å²) in [4.78, 5) is 10.3. The van der Waals surface area contributed by atoms with E-state index in [1.54, 1.807) is 6.07 Å². The Morgan fingerprint density at radius 1 is 1.47 bits per heavy atom. The fraction of sp³-hybridized carbons (Fsp3) is 0.571. The van der Waals surface area contributed by atoms with Crippen LogP contribution >= 0.6 is 11.6 Å². The van der Waals surface area contributed by atoms with Crippen LogP contribution in [0.4, 0.5) is 11.4 Å². The average Bonchev–Trinajstić information content (AvgIpc) is 2.75. The normalized spacial score (nSPS) is 22.5. The zero-order chi connectivity index (χ0) is 14.0. The van der Waals surface area contributed by atoms with Crippen molar-refractivity contribution in [1.82, 2.24) is 0 Å². The average molecular weight is 283 g/mol. The third-order valence-corrected chi connectivity index (χ3v) is 4.18. The second-order valence-electron chi connectivity index (χ2n) is 5.54. The number of nitrogens with one attached hydrogen (secondary N) is 1. The maximum atomic E-state index is 10.8. The van der Waals surface area contributed by atoms with Gasteiger partial charge in [-0.15, -0.1) is 0 Å². The summed E-state index contributed by atoms with van der Waals surface area (Å²) in [6.45, 7) is 5.07. The fourth-order valence-electron chi connectivity index (χ4n) is 2.76. The van der Waals surface area contributed by atoms with E-state index in [2.05, 4.69) is 12.2 Å². The van der Waals surface area contributed by atoms with Crippen molar-refractivity contribution in [2.75, 3.05) is 11.9 Å². The van der Waals surface area contributed by atoms with Gasteiger partial charge < -0.3 is 5.32 Å². The lowest BCUT2D eigenvalue weighted by Gasteiger charge is -2.14. The van der Waals surface area contributed by atoms with Gasteiger partial charge in [0, 0.05) is 18.3 Å². The summed E-state index contributed by atoms with van der Waals surface area (Å²) in [5.74, 6) is 1.51. The molecule has 1 aliphatic carbocycles. The van der Waals surface area contributed by atoms with Crippen molar-refractivity contribution < 1.29 is 4.92 Å². The quantitative estimate of drug-likeness (QED) is 0.657. The maximum absolute atomic E-state index is 10.8. The highest BCUT2D eigenvalue weighted by atomic mass is 35.5. The molecule has 1 saturated carbocycles. The Bertz CT molecular complexity index is 491. The van der Waals surface area contributed by atoms with Crippen molar-refractivity contribution in [3.63, 3.8) is 0 Å². The van der Waals surface area contributed by atoms with Crippen LogP contribution in [0.1, 0.15) is 31.7 Å². The van der Waals surface area contributed by atoms with Crippen molar-refractivity contribution in [2.24, 2.45) is 11.8 Å². The van der Waals surface area contributed by atoms with Crippen molar-refractivity contribution in [3.8, 4) is 0 Å². The van der Waals surface area contributed by atoms with Gasteiger partial charge in [0.05, 0.1) is 4.92 Å². The first kappa shape index (κ1) is 14.1. The molecule has 2 unspecified atom stereocenters. The third kappa shape index (κ3) is 3.38. The molecule has 1 fully saturated rings. The van der Waals surface area contributed by atoms with Crippen LogP contribution in [0.3, 0.4) is 0 Å². The second kappa shape index (κ2) is 5.78. The molecule has 0 bridgehead atoms. The molecule has 1 aliphatic rings. The fourth-order valence-corrected chi connectivity index (χ4v) is 2.99. The Morgan fingerprint density at radius 3 is 2.79 bits per heavy atom. The number of hydrogen-bond donors (Lipinski definition) is 1. The Labute approximate surface area is 118 Å². The van der Waals surface area contributed by atoms with Crippen LogP contribution in [0.2, 0.25) is 5.02 Å². The van der Waals surface area contributed by atoms with Crippen molar-refractivity contribution in [1.29, 1.82) is 0 Å². The van der Waals surface area contributed by atoms with E-state index in [9.17, 15) is 10.1 Å². The lowest BCUT2D eigenvalue weighted by Crippen LogP contribution is -2.12. The van der Waals surface area contributed by atoms with Crippen LogP contribution in [-0.4, -0.2) is 11.5 Å². The van der Waals surface area contributed by atoms with Gasteiger partial charge in [0.1, 0.15) is 5.02 Å². The topological polar surface area (TPSA) is 55.2 Å². The standard InChI is InChI=1S/C14H19ClN2O2/c1-9-3-4-11(5-9)8-16-13-7-12(15)14(17(18)19)6-10(13)2/h6-7,9,11,16H,3-5,8H2,1-2H3. The lowest BCUT2D eigenvalue weighted by molar-refractivity contribution is -0.384. The molecular formula is C14H19ClN2O2. The third-order valence-electron chi connectivity index (χ3n) is 3.88. The molecular weight excluding hydrogens is 264 g/mol. The van der Waals surface area contributed by atoms with Crippen LogP contribution in [0.5, 0.6) is 0 Å². The zero-order valence-corrected chi connectivity index (χ0v) is 12.0. The van der Waals surface area contributed by atoms with Crippen molar-refractivity contribution >= 4 is 23.0 Å². The van der Waals surface area contributed by atoms with Crippen molar-refractivity contribution in [3.05, 3.63) is 32.8 Å². The molecule has 0 aromatic heterocycles. The van der Waals surface area contributed by atoms with Crippen LogP contribution in [0.15, 0.2) is 12.1 Å². The van der Waals surface area contributed by atoms with E-state index in [0.29, 0.717) is 5.92 Å². The number of anilines is 1. The van der Waals surface area contributed by atoms with E-state index in [0.717, 1.165) is 23.7 Å². The summed E-state index contributed by atoms with van der Waals surface area (Å²) in [6, 6.07) is 3.19. The molecule has 19 heavy (non-hydrogen) atoms. The van der Waals surface area contributed by atoms with Gasteiger partial charge in [-0.3, -0.25) is 10.1 Å². The number of nitro benzene ring substituents is 1. The van der Waals surface area contributed by atoms with Gasteiger partial charge in [-0.25, -0.2) is 0 Å². The molecule has 0 saturated heterocycles. The zero-order valence-electron chi connectivity index (χ0n) is 11.3. The molecule has 1 aromatic carbocycles. The molecule has 0 amide bonds. The van der Waals surface area contributed by atoms with Crippen LogP contribution in [-0.2, 0) is 0 Å². The minimum atomic E-state index is -0.447. The van der Waals surface area contributed by atoms with Crippen LogP contribution < -0.4 is 5.32 Å². The summed E-state index contributed by atoms with van der Waals surface area (Å²) in [5, 5.41) is 14.4. The maximum Gasteiger partial charge on any atom is 0.288 e. The summed E-state index contributed by atoms with van der Waals surface area (Å²) in [5.41, 5.74) is 1.73. The number of benzene rings is 1. The number of rotatable bonds is 4. The van der Waals surface area contributed by atoms with Gasteiger partial charge in [0.25, 0.3) is 5.69 Å². The predicted octanol–water partition coefficient (Wildman–Crippen LogP) is 4.40. The molecule has 0 radical (unpaired) electrons. The monoisotopic (exact) mass is 282 g/mol. The van der Waals surface area contributed by atoms with Gasteiger partial charge in [0.15, 0.2) is 0 Å². The Hall–Kier alpha value is -1.29. The number of nitrogens with zero attached hydrogens (tertiary/aromatic N) is 1. The van der Waals surface area contributed by atoms with E-state index in [-0.39, 0.29) is 10.7 Å². The SMILES string of the molecule is Cc1cc([N+](=O)[O-])c(Cl)cc1NCC1CCC(C)C1. The summed E-state index contributed by atoms with van der Waals surface area (Å²) >= 11 is 5.93. The van der Waals surface area contributed by atoms with Gasteiger partial charge in [-0.2, -0.15) is 0 Å². The summed E-state index contributed by atoms with van der Waals surface area (Å²) in [7, 11) is 0. The number of halogens is 1. The molecule has 2 atom stereocenters. The van der Waals surface area contributed by atoms with Gasteiger partial charge in [-0.05, 0) is 43.2 Å². The highest BCUT2D eigenvalue weighted by Crippen LogP contribution is 2.33. The second-order valence-corrected chi connectivity index (χ2v) is 5.95. The predicted molar refractivity (Wildman–Crippen MR) is 77.8 cm³/mol. The summed E-state index contributed by atoms with van der Waals surface area (Å²) < 4.78 is 0. The van der Waals surface area contributed by atoms with Gasteiger partial charge >= 0.3 is 0 Å². The number of aryl methyl sites for hydroxylation is 1. The number of nitro groups is 1. The van der Waals surface area contributed by atoms with Gasteiger partial charge in [0.2, 0.25) is 0 Å². The molecule has 1 N–H and O–H groups in total. The highest BCUT2D eigenvalue weighted by molar-refractivity contribution is 6.33.